The number of carbonyl (C=O) groups is 2. The fourth-order valence-corrected chi connectivity index (χ4v) is 1.74. The predicted octanol–water partition coefficient (Wildman–Crippen LogP) is 2.03. The standard InChI is InChI=1S/C15H18N2O3/c1-15(2,3)12-6-4-11(5-7-12)14(20)17(9-8-16)10-13(18)19/h4-7H,9-10H2,1-3H3,(H,18,19). The van der Waals surface area contributed by atoms with Crippen LogP contribution in [0.1, 0.15) is 36.7 Å². The van der Waals surface area contributed by atoms with Gasteiger partial charge in [-0.15, -0.1) is 0 Å². The molecule has 106 valence electrons. The first-order chi connectivity index (χ1) is 9.25. The van der Waals surface area contributed by atoms with Crippen molar-refractivity contribution in [3.63, 3.8) is 0 Å². The summed E-state index contributed by atoms with van der Waals surface area (Å²) < 4.78 is 0. The van der Waals surface area contributed by atoms with Crippen molar-refractivity contribution < 1.29 is 14.7 Å². The molecule has 1 rings (SSSR count). The van der Waals surface area contributed by atoms with Gasteiger partial charge in [-0.05, 0) is 23.1 Å². The largest absolute Gasteiger partial charge is 0.480 e. The van der Waals surface area contributed by atoms with Crippen molar-refractivity contribution >= 4 is 11.9 Å². The summed E-state index contributed by atoms with van der Waals surface area (Å²) in [6, 6.07) is 8.82. The molecule has 0 aromatic heterocycles. The molecule has 1 aromatic carbocycles. The number of hydrogen-bond acceptors (Lipinski definition) is 3. The first-order valence-corrected chi connectivity index (χ1v) is 6.24. The van der Waals surface area contributed by atoms with Crippen molar-refractivity contribution in [2.45, 2.75) is 26.2 Å². The Labute approximate surface area is 118 Å². The minimum absolute atomic E-state index is 0.0189. The van der Waals surface area contributed by atoms with E-state index in [9.17, 15) is 9.59 Å². The van der Waals surface area contributed by atoms with E-state index < -0.39 is 18.4 Å². The van der Waals surface area contributed by atoms with E-state index in [1.165, 1.54) is 0 Å². The predicted molar refractivity (Wildman–Crippen MR) is 74.3 cm³/mol. The van der Waals surface area contributed by atoms with Gasteiger partial charge in [0.1, 0.15) is 13.1 Å². The van der Waals surface area contributed by atoms with Gasteiger partial charge in [0, 0.05) is 5.56 Å². The summed E-state index contributed by atoms with van der Waals surface area (Å²) in [4.78, 5) is 23.9. The molecule has 0 atom stereocenters. The van der Waals surface area contributed by atoms with Gasteiger partial charge in [-0.2, -0.15) is 5.26 Å². The first-order valence-electron chi connectivity index (χ1n) is 6.24. The number of nitrogens with zero attached hydrogens (tertiary/aromatic N) is 2. The van der Waals surface area contributed by atoms with Gasteiger partial charge in [0.05, 0.1) is 6.07 Å². The molecule has 1 N–H and O–H groups in total. The highest BCUT2D eigenvalue weighted by molar-refractivity contribution is 5.96. The number of rotatable bonds is 4. The van der Waals surface area contributed by atoms with Gasteiger partial charge in [-0.1, -0.05) is 32.9 Å². The maximum Gasteiger partial charge on any atom is 0.323 e. The first kappa shape index (κ1) is 15.7. The van der Waals surface area contributed by atoms with Crippen LogP contribution < -0.4 is 0 Å². The molecule has 0 unspecified atom stereocenters. The molecule has 1 aromatic rings. The maximum atomic E-state index is 12.1. The van der Waals surface area contributed by atoms with E-state index in [1.807, 2.05) is 12.1 Å². The third kappa shape index (κ3) is 4.09. The smallest absolute Gasteiger partial charge is 0.323 e. The van der Waals surface area contributed by atoms with Crippen LogP contribution in [0.2, 0.25) is 0 Å². The molecule has 0 heterocycles. The number of hydrogen-bond donors (Lipinski definition) is 1. The number of carbonyl (C=O) groups excluding carboxylic acids is 1. The molecule has 20 heavy (non-hydrogen) atoms. The van der Waals surface area contributed by atoms with Crippen LogP contribution in [-0.4, -0.2) is 35.0 Å². The molecule has 1 amide bonds. The molecule has 0 saturated carbocycles. The van der Waals surface area contributed by atoms with Gasteiger partial charge < -0.3 is 10.0 Å². The highest BCUT2D eigenvalue weighted by Gasteiger charge is 2.19. The Balaban J connectivity index is 2.95. The average Bonchev–Trinajstić information content (AvgIpc) is 2.36. The zero-order valence-electron chi connectivity index (χ0n) is 11.9. The van der Waals surface area contributed by atoms with Crippen LogP contribution in [0.5, 0.6) is 0 Å². The lowest BCUT2D eigenvalue weighted by atomic mass is 9.86. The van der Waals surface area contributed by atoms with Gasteiger partial charge in [0.25, 0.3) is 5.91 Å². The Kier molecular flexibility index (Phi) is 4.87. The lowest BCUT2D eigenvalue weighted by molar-refractivity contribution is -0.137. The summed E-state index contributed by atoms with van der Waals surface area (Å²) in [5.41, 5.74) is 1.45. The lowest BCUT2D eigenvalue weighted by Crippen LogP contribution is -2.36. The fourth-order valence-electron chi connectivity index (χ4n) is 1.74. The van der Waals surface area contributed by atoms with Crippen molar-refractivity contribution in [1.29, 1.82) is 5.26 Å². The second-order valence-corrected chi connectivity index (χ2v) is 5.54. The number of nitriles is 1. The Hall–Kier alpha value is -2.35. The summed E-state index contributed by atoms with van der Waals surface area (Å²) in [7, 11) is 0. The average molecular weight is 274 g/mol. The molecule has 0 radical (unpaired) electrons. The van der Waals surface area contributed by atoms with E-state index in [1.54, 1.807) is 18.2 Å². The van der Waals surface area contributed by atoms with Crippen LogP contribution in [0.3, 0.4) is 0 Å². The number of carboxylic acid groups (broad SMARTS) is 1. The Morgan fingerprint density at radius 2 is 1.80 bits per heavy atom. The molecular formula is C15H18N2O3. The van der Waals surface area contributed by atoms with Crippen LogP contribution in [0.4, 0.5) is 0 Å². The van der Waals surface area contributed by atoms with E-state index in [0.29, 0.717) is 5.56 Å². The number of amides is 1. The van der Waals surface area contributed by atoms with Crippen LogP contribution in [0, 0.1) is 11.3 Å². The second kappa shape index (κ2) is 6.20. The molecule has 0 fully saturated rings. The molecule has 0 saturated heterocycles. The number of carboxylic acids is 1. The molecule has 0 aliphatic carbocycles. The summed E-state index contributed by atoms with van der Waals surface area (Å²) >= 11 is 0. The summed E-state index contributed by atoms with van der Waals surface area (Å²) in [5, 5.41) is 17.4. The third-order valence-corrected chi connectivity index (χ3v) is 2.87. The van der Waals surface area contributed by atoms with Crippen LogP contribution >= 0.6 is 0 Å². The zero-order chi connectivity index (χ0) is 15.3. The van der Waals surface area contributed by atoms with Crippen molar-refractivity contribution in [3.05, 3.63) is 35.4 Å². The maximum absolute atomic E-state index is 12.1. The van der Waals surface area contributed by atoms with Gasteiger partial charge in [-0.3, -0.25) is 9.59 Å². The molecule has 5 nitrogen and oxygen atoms in total. The summed E-state index contributed by atoms with van der Waals surface area (Å²) in [6.07, 6.45) is 0. The molecule has 5 heteroatoms. The third-order valence-electron chi connectivity index (χ3n) is 2.87. The second-order valence-electron chi connectivity index (χ2n) is 5.54. The minimum atomic E-state index is -1.14. The Bertz CT molecular complexity index is 536. The summed E-state index contributed by atoms with van der Waals surface area (Å²) in [6.45, 7) is 5.47. The van der Waals surface area contributed by atoms with Gasteiger partial charge in [0.15, 0.2) is 0 Å². The van der Waals surface area contributed by atoms with Gasteiger partial charge in [0.2, 0.25) is 0 Å². The van der Waals surface area contributed by atoms with E-state index in [0.717, 1.165) is 10.5 Å². The molecule has 0 aliphatic heterocycles. The van der Waals surface area contributed by atoms with E-state index >= 15 is 0 Å². The molecule has 0 spiro atoms. The van der Waals surface area contributed by atoms with Crippen LogP contribution in [0.15, 0.2) is 24.3 Å². The quantitative estimate of drug-likeness (QED) is 0.852. The molecular weight excluding hydrogens is 256 g/mol. The van der Waals surface area contributed by atoms with Crippen molar-refractivity contribution in [2.75, 3.05) is 13.1 Å². The fraction of sp³-hybridized carbons (Fsp3) is 0.400. The van der Waals surface area contributed by atoms with Gasteiger partial charge >= 0.3 is 5.97 Å². The van der Waals surface area contributed by atoms with Crippen molar-refractivity contribution in [3.8, 4) is 6.07 Å². The van der Waals surface area contributed by atoms with Crippen molar-refractivity contribution in [1.82, 2.24) is 4.90 Å². The van der Waals surface area contributed by atoms with Gasteiger partial charge in [-0.25, -0.2) is 0 Å². The molecule has 0 aliphatic rings. The van der Waals surface area contributed by atoms with Crippen molar-refractivity contribution in [2.24, 2.45) is 0 Å². The highest BCUT2D eigenvalue weighted by atomic mass is 16.4. The zero-order valence-corrected chi connectivity index (χ0v) is 11.9. The van der Waals surface area contributed by atoms with E-state index in [-0.39, 0.29) is 12.0 Å². The van der Waals surface area contributed by atoms with E-state index in [4.69, 9.17) is 10.4 Å². The number of benzene rings is 1. The minimum Gasteiger partial charge on any atom is -0.480 e. The molecule has 0 bridgehead atoms. The number of aliphatic carboxylic acids is 1. The Morgan fingerprint density at radius 3 is 2.20 bits per heavy atom. The SMILES string of the molecule is CC(C)(C)c1ccc(C(=O)N(CC#N)CC(=O)O)cc1. The van der Waals surface area contributed by atoms with Crippen LogP contribution in [-0.2, 0) is 10.2 Å². The Morgan fingerprint density at radius 1 is 1.25 bits per heavy atom. The lowest BCUT2D eigenvalue weighted by Gasteiger charge is -2.20. The monoisotopic (exact) mass is 274 g/mol. The highest BCUT2D eigenvalue weighted by Crippen LogP contribution is 2.22. The van der Waals surface area contributed by atoms with Crippen LogP contribution in [0.25, 0.3) is 0 Å². The van der Waals surface area contributed by atoms with E-state index in [2.05, 4.69) is 20.8 Å². The normalized spacial score (nSPS) is 10.7. The topological polar surface area (TPSA) is 81.4 Å². The summed E-state index contributed by atoms with van der Waals surface area (Å²) in [5.74, 6) is -1.59.